The number of epoxide rings is 1. The zero-order chi connectivity index (χ0) is 16.4. The smallest absolute Gasteiger partial charge is 0.416 e. The molecular formula is C17H13F3O3. The van der Waals surface area contributed by atoms with Gasteiger partial charge in [-0.2, -0.15) is 13.2 Å². The molecule has 1 aliphatic heterocycles. The van der Waals surface area contributed by atoms with Crippen molar-refractivity contribution in [2.45, 2.75) is 18.9 Å². The molecule has 23 heavy (non-hydrogen) atoms. The minimum atomic E-state index is -4.38. The van der Waals surface area contributed by atoms with Gasteiger partial charge in [0.05, 0.1) is 12.2 Å². The quantitative estimate of drug-likeness (QED) is 0.634. The van der Waals surface area contributed by atoms with Gasteiger partial charge in [-0.1, -0.05) is 30.3 Å². The first-order chi connectivity index (χ1) is 10.9. The van der Waals surface area contributed by atoms with Gasteiger partial charge in [-0.3, -0.25) is 0 Å². The Hall–Kier alpha value is -2.34. The van der Waals surface area contributed by atoms with Crippen LogP contribution in [-0.4, -0.2) is 18.7 Å². The SMILES string of the molecule is O=C(OCc1cccc(-c2cccc(C(F)(F)F)c2)c1)C1CO1. The Labute approximate surface area is 130 Å². The Morgan fingerprint density at radius 3 is 2.43 bits per heavy atom. The molecule has 1 atom stereocenters. The maximum absolute atomic E-state index is 12.8. The number of rotatable bonds is 4. The van der Waals surface area contributed by atoms with Crippen LogP contribution in [0.1, 0.15) is 11.1 Å². The Morgan fingerprint density at radius 2 is 1.78 bits per heavy atom. The Bertz CT molecular complexity index is 721. The Morgan fingerprint density at radius 1 is 1.13 bits per heavy atom. The lowest BCUT2D eigenvalue weighted by Crippen LogP contribution is -2.11. The van der Waals surface area contributed by atoms with E-state index >= 15 is 0 Å². The molecule has 0 aromatic heterocycles. The van der Waals surface area contributed by atoms with E-state index < -0.39 is 23.8 Å². The first-order valence-electron chi connectivity index (χ1n) is 6.98. The molecule has 0 radical (unpaired) electrons. The number of esters is 1. The highest BCUT2D eigenvalue weighted by atomic mass is 19.4. The standard InChI is InChI=1S/C17H13F3O3/c18-17(19,20)14-6-2-5-13(8-14)12-4-1-3-11(7-12)9-23-16(21)15-10-22-15/h1-8,15H,9-10H2. The van der Waals surface area contributed by atoms with E-state index in [1.807, 2.05) is 0 Å². The lowest BCUT2D eigenvalue weighted by atomic mass is 10.0. The van der Waals surface area contributed by atoms with E-state index in [2.05, 4.69) is 0 Å². The van der Waals surface area contributed by atoms with Crippen molar-refractivity contribution in [3.8, 4) is 11.1 Å². The number of halogens is 3. The van der Waals surface area contributed by atoms with Crippen LogP contribution in [0.25, 0.3) is 11.1 Å². The third-order valence-corrected chi connectivity index (χ3v) is 3.43. The molecule has 6 heteroatoms. The highest BCUT2D eigenvalue weighted by Crippen LogP contribution is 2.32. The molecule has 0 aliphatic carbocycles. The second-order valence-corrected chi connectivity index (χ2v) is 5.21. The van der Waals surface area contributed by atoms with Crippen molar-refractivity contribution in [3.05, 3.63) is 59.7 Å². The summed E-state index contributed by atoms with van der Waals surface area (Å²) in [5, 5.41) is 0. The molecule has 3 nitrogen and oxygen atoms in total. The summed E-state index contributed by atoms with van der Waals surface area (Å²) >= 11 is 0. The molecule has 2 aromatic rings. The second kappa shape index (κ2) is 6.04. The number of carbonyl (C=O) groups excluding carboxylic acids is 1. The van der Waals surface area contributed by atoms with Gasteiger partial charge >= 0.3 is 12.1 Å². The molecule has 0 bridgehead atoms. The van der Waals surface area contributed by atoms with E-state index in [-0.39, 0.29) is 6.61 Å². The molecule has 1 saturated heterocycles. The van der Waals surface area contributed by atoms with Gasteiger partial charge in [-0.15, -0.1) is 0 Å². The third-order valence-electron chi connectivity index (χ3n) is 3.43. The van der Waals surface area contributed by atoms with Gasteiger partial charge in [-0.05, 0) is 34.9 Å². The second-order valence-electron chi connectivity index (χ2n) is 5.21. The summed E-state index contributed by atoms with van der Waals surface area (Å²) in [4.78, 5) is 11.4. The predicted octanol–water partition coefficient (Wildman–Crippen LogP) is 3.81. The van der Waals surface area contributed by atoms with Gasteiger partial charge in [0.2, 0.25) is 0 Å². The van der Waals surface area contributed by atoms with Gasteiger partial charge < -0.3 is 9.47 Å². The number of alkyl halides is 3. The number of ether oxygens (including phenoxy) is 2. The van der Waals surface area contributed by atoms with Crippen LogP contribution < -0.4 is 0 Å². The summed E-state index contributed by atoms with van der Waals surface area (Å²) in [6.07, 6.45) is -4.85. The molecule has 0 saturated carbocycles. The summed E-state index contributed by atoms with van der Waals surface area (Å²) in [5.74, 6) is -0.422. The zero-order valence-corrected chi connectivity index (χ0v) is 12.0. The zero-order valence-electron chi connectivity index (χ0n) is 12.0. The molecule has 120 valence electrons. The average molecular weight is 322 g/mol. The number of benzene rings is 2. The Kier molecular flexibility index (Phi) is 4.09. The summed E-state index contributed by atoms with van der Waals surface area (Å²) < 4.78 is 48.2. The van der Waals surface area contributed by atoms with Crippen LogP contribution in [0.4, 0.5) is 13.2 Å². The molecule has 2 aromatic carbocycles. The van der Waals surface area contributed by atoms with Crippen LogP contribution in [0.15, 0.2) is 48.5 Å². The van der Waals surface area contributed by atoms with E-state index in [1.165, 1.54) is 6.07 Å². The van der Waals surface area contributed by atoms with Crippen molar-refractivity contribution in [3.63, 3.8) is 0 Å². The summed E-state index contributed by atoms with van der Waals surface area (Å²) in [6.45, 7) is 0.439. The van der Waals surface area contributed by atoms with Crippen molar-refractivity contribution in [2.75, 3.05) is 6.61 Å². The number of carbonyl (C=O) groups is 1. The molecule has 1 heterocycles. The van der Waals surface area contributed by atoms with E-state index in [0.29, 0.717) is 23.3 Å². The minimum Gasteiger partial charge on any atom is -0.459 e. The fraction of sp³-hybridized carbons (Fsp3) is 0.235. The number of hydrogen-bond donors (Lipinski definition) is 0. The number of hydrogen-bond acceptors (Lipinski definition) is 3. The van der Waals surface area contributed by atoms with Crippen LogP contribution in [0.5, 0.6) is 0 Å². The molecular weight excluding hydrogens is 309 g/mol. The first kappa shape index (κ1) is 15.6. The lowest BCUT2D eigenvalue weighted by molar-refractivity contribution is -0.146. The van der Waals surface area contributed by atoms with Gasteiger partial charge in [0.15, 0.2) is 6.10 Å². The third kappa shape index (κ3) is 3.90. The molecule has 0 amide bonds. The maximum Gasteiger partial charge on any atom is 0.416 e. The normalized spacial score (nSPS) is 16.9. The fourth-order valence-corrected chi connectivity index (χ4v) is 2.15. The largest absolute Gasteiger partial charge is 0.459 e. The van der Waals surface area contributed by atoms with Gasteiger partial charge in [-0.25, -0.2) is 4.79 Å². The van der Waals surface area contributed by atoms with Crippen molar-refractivity contribution >= 4 is 5.97 Å². The highest BCUT2D eigenvalue weighted by molar-refractivity contribution is 5.77. The predicted molar refractivity (Wildman–Crippen MR) is 76.4 cm³/mol. The molecule has 0 spiro atoms. The molecule has 3 rings (SSSR count). The maximum atomic E-state index is 12.8. The minimum absolute atomic E-state index is 0.0610. The molecule has 1 fully saturated rings. The van der Waals surface area contributed by atoms with Gasteiger partial charge in [0.25, 0.3) is 0 Å². The lowest BCUT2D eigenvalue weighted by Gasteiger charge is -2.10. The summed E-state index contributed by atoms with van der Waals surface area (Å²) in [5.41, 5.74) is 1.09. The Balaban J connectivity index is 1.77. The molecule has 0 N–H and O–H groups in total. The summed E-state index contributed by atoms with van der Waals surface area (Å²) in [7, 11) is 0. The van der Waals surface area contributed by atoms with Crippen molar-refractivity contribution in [1.82, 2.24) is 0 Å². The average Bonchev–Trinajstić information content (AvgIpc) is 3.37. The van der Waals surface area contributed by atoms with E-state index in [1.54, 1.807) is 30.3 Å². The molecule has 1 unspecified atom stereocenters. The van der Waals surface area contributed by atoms with E-state index in [0.717, 1.165) is 12.1 Å². The first-order valence-corrected chi connectivity index (χ1v) is 6.98. The van der Waals surface area contributed by atoms with E-state index in [9.17, 15) is 18.0 Å². The topological polar surface area (TPSA) is 38.8 Å². The van der Waals surface area contributed by atoms with Crippen molar-refractivity contribution in [1.29, 1.82) is 0 Å². The summed E-state index contributed by atoms with van der Waals surface area (Å²) in [6, 6.07) is 12.0. The highest BCUT2D eigenvalue weighted by Gasteiger charge is 2.33. The van der Waals surface area contributed by atoms with Crippen LogP contribution in [-0.2, 0) is 27.1 Å². The van der Waals surface area contributed by atoms with Gasteiger partial charge in [0, 0.05) is 0 Å². The monoisotopic (exact) mass is 322 g/mol. The van der Waals surface area contributed by atoms with Crippen LogP contribution in [0, 0.1) is 0 Å². The van der Waals surface area contributed by atoms with Gasteiger partial charge in [0.1, 0.15) is 6.61 Å². The van der Waals surface area contributed by atoms with E-state index in [4.69, 9.17) is 9.47 Å². The van der Waals surface area contributed by atoms with Crippen LogP contribution >= 0.6 is 0 Å². The van der Waals surface area contributed by atoms with Crippen molar-refractivity contribution < 1.29 is 27.4 Å². The fourth-order valence-electron chi connectivity index (χ4n) is 2.15. The van der Waals surface area contributed by atoms with Crippen LogP contribution in [0.3, 0.4) is 0 Å². The molecule has 1 aliphatic rings. The van der Waals surface area contributed by atoms with Crippen LogP contribution in [0.2, 0.25) is 0 Å². The van der Waals surface area contributed by atoms with Crippen molar-refractivity contribution in [2.24, 2.45) is 0 Å².